The zero-order valence-corrected chi connectivity index (χ0v) is 16.2. The second kappa shape index (κ2) is 9.65. The number of nitro benzene ring substituents is 1. The minimum atomic E-state index is -0.455. The standard InChI is InChI=1S/C20H18N4O4S/c1-2-10-28-17-9-4-3-7-15(17)13-21-23-20-22-19(25)18(29-20)12-14-6-5-8-16(11-14)24(26)27/h2-9,11,13,18H,1,10,12H2,(H,22,23,25)/b21-13+. The number of carbonyl (C=O) groups excluding carboxylic acids is 1. The molecule has 0 saturated carbocycles. The Bertz CT molecular complexity index is 990. The van der Waals surface area contributed by atoms with Crippen LogP contribution in [0.3, 0.4) is 0 Å². The number of rotatable bonds is 8. The number of non-ortho nitro benzene ring substituents is 1. The number of benzene rings is 2. The van der Waals surface area contributed by atoms with Crippen LogP contribution in [-0.4, -0.2) is 34.1 Å². The predicted octanol–water partition coefficient (Wildman–Crippen LogP) is 3.32. The van der Waals surface area contributed by atoms with E-state index in [2.05, 4.69) is 22.1 Å². The van der Waals surface area contributed by atoms with Gasteiger partial charge in [-0.05, 0) is 24.1 Å². The first-order valence-electron chi connectivity index (χ1n) is 8.71. The second-order valence-electron chi connectivity index (χ2n) is 6.01. The van der Waals surface area contributed by atoms with Crippen molar-refractivity contribution < 1.29 is 14.5 Å². The van der Waals surface area contributed by atoms with Crippen LogP contribution >= 0.6 is 11.8 Å². The normalized spacial score (nSPS) is 17.4. The Kier molecular flexibility index (Phi) is 6.75. The lowest BCUT2D eigenvalue weighted by molar-refractivity contribution is -0.384. The largest absolute Gasteiger partial charge is 0.489 e. The monoisotopic (exact) mass is 410 g/mol. The first-order valence-corrected chi connectivity index (χ1v) is 9.59. The molecular formula is C20H18N4O4S. The predicted molar refractivity (Wildman–Crippen MR) is 113 cm³/mol. The number of hydrogen-bond donors (Lipinski definition) is 1. The fraction of sp³-hybridized carbons (Fsp3) is 0.150. The molecule has 1 heterocycles. The lowest BCUT2D eigenvalue weighted by atomic mass is 10.1. The number of nitrogens with zero attached hydrogens (tertiary/aromatic N) is 3. The van der Waals surface area contributed by atoms with Crippen molar-refractivity contribution in [2.45, 2.75) is 11.7 Å². The van der Waals surface area contributed by atoms with Crippen LogP contribution in [0.5, 0.6) is 5.75 Å². The van der Waals surface area contributed by atoms with Gasteiger partial charge >= 0.3 is 0 Å². The summed E-state index contributed by atoms with van der Waals surface area (Å²) in [7, 11) is 0. The van der Waals surface area contributed by atoms with Crippen LogP contribution < -0.4 is 10.1 Å². The summed E-state index contributed by atoms with van der Waals surface area (Å²) in [6.07, 6.45) is 3.56. The van der Waals surface area contributed by atoms with Gasteiger partial charge in [-0.15, -0.1) is 5.10 Å². The molecule has 1 aliphatic rings. The van der Waals surface area contributed by atoms with Crippen LogP contribution in [0.1, 0.15) is 11.1 Å². The maximum atomic E-state index is 12.2. The van der Waals surface area contributed by atoms with Crippen molar-refractivity contribution in [3.63, 3.8) is 0 Å². The molecule has 1 atom stereocenters. The summed E-state index contributed by atoms with van der Waals surface area (Å²) in [5.74, 6) is 0.452. The summed E-state index contributed by atoms with van der Waals surface area (Å²) in [5, 5.41) is 21.6. The number of carbonyl (C=O) groups is 1. The lowest BCUT2D eigenvalue weighted by Crippen LogP contribution is -2.25. The van der Waals surface area contributed by atoms with E-state index in [0.29, 0.717) is 29.5 Å². The zero-order valence-electron chi connectivity index (χ0n) is 15.4. The van der Waals surface area contributed by atoms with Crippen LogP contribution in [0.25, 0.3) is 0 Å². The van der Waals surface area contributed by atoms with E-state index in [0.717, 1.165) is 5.56 Å². The van der Waals surface area contributed by atoms with E-state index < -0.39 is 10.2 Å². The van der Waals surface area contributed by atoms with Crippen LogP contribution in [-0.2, 0) is 11.2 Å². The molecule has 0 radical (unpaired) electrons. The highest BCUT2D eigenvalue weighted by Gasteiger charge is 2.30. The van der Waals surface area contributed by atoms with E-state index in [-0.39, 0.29) is 11.6 Å². The third kappa shape index (κ3) is 5.52. The Morgan fingerprint density at radius 1 is 1.28 bits per heavy atom. The summed E-state index contributed by atoms with van der Waals surface area (Å²) < 4.78 is 5.56. The van der Waals surface area contributed by atoms with Gasteiger partial charge in [-0.1, -0.05) is 48.7 Å². The molecule has 1 N–H and O–H groups in total. The van der Waals surface area contributed by atoms with Crippen LogP contribution in [0.4, 0.5) is 5.69 Å². The Morgan fingerprint density at radius 2 is 2.10 bits per heavy atom. The highest BCUT2D eigenvalue weighted by atomic mass is 32.2. The average molecular weight is 410 g/mol. The number of para-hydroxylation sites is 1. The van der Waals surface area contributed by atoms with Crippen molar-refractivity contribution in [3.8, 4) is 5.75 Å². The number of nitro groups is 1. The number of amidine groups is 1. The fourth-order valence-corrected chi connectivity index (χ4v) is 3.57. The SMILES string of the molecule is C=CCOc1ccccc1/C=N/N=C1\NC(=O)C(Cc2cccc([N+](=O)[O-])c2)S1. The summed E-state index contributed by atoms with van der Waals surface area (Å²) in [5.41, 5.74) is 1.47. The maximum absolute atomic E-state index is 12.2. The smallest absolute Gasteiger partial charge is 0.269 e. The first-order chi connectivity index (χ1) is 14.1. The van der Waals surface area contributed by atoms with Gasteiger partial charge < -0.3 is 10.1 Å². The Labute approximate surface area is 171 Å². The molecule has 8 nitrogen and oxygen atoms in total. The number of nitrogens with one attached hydrogen (secondary N) is 1. The van der Waals surface area contributed by atoms with Crippen molar-refractivity contribution in [2.24, 2.45) is 10.2 Å². The highest BCUT2D eigenvalue weighted by molar-refractivity contribution is 8.15. The van der Waals surface area contributed by atoms with Gasteiger partial charge in [0.05, 0.1) is 16.4 Å². The van der Waals surface area contributed by atoms with Gasteiger partial charge in [-0.3, -0.25) is 14.9 Å². The van der Waals surface area contributed by atoms with Crippen molar-refractivity contribution in [2.75, 3.05) is 6.61 Å². The van der Waals surface area contributed by atoms with Gasteiger partial charge in [0, 0.05) is 17.7 Å². The molecule has 9 heteroatoms. The Hall–Kier alpha value is -3.46. The summed E-state index contributed by atoms with van der Waals surface area (Å²) >= 11 is 1.24. The van der Waals surface area contributed by atoms with Gasteiger partial charge in [0.2, 0.25) is 5.91 Å². The minimum Gasteiger partial charge on any atom is -0.489 e. The molecule has 1 amide bonds. The van der Waals surface area contributed by atoms with Crippen molar-refractivity contribution >= 4 is 34.7 Å². The molecule has 29 heavy (non-hydrogen) atoms. The second-order valence-corrected chi connectivity index (χ2v) is 7.21. The van der Waals surface area contributed by atoms with Gasteiger partial charge in [0.25, 0.3) is 5.69 Å². The topological polar surface area (TPSA) is 106 Å². The molecule has 1 aliphatic heterocycles. The van der Waals surface area contributed by atoms with Gasteiger partial charge in [0.15, 0.2) is 5.17 Å². The molecule has 2 aromatic carbocycles. The van der Waals surface area contributed by atoms with E-state index in [1.165, 1.54) is 23.9 Å². The first kappa shape index (κ1) is 20.3. The molecule has 1 unspecified atom stereocenters. The maximum Gasteiger partial charge on any atom is 0.269 e. The number of hydrogen-bond acceptors (Lipinski definition) is 7. The molecule has 0 aromatic heterocycles. The van der Waals surface area contributed by atoms with Crippen molar-refractivity contribution in [3.05, 3.63) is 82.4 Å². The van der Waals surface area contributed by atoms with Crippen molar-refractivity contribution in [1.29, 1.82) is 0 Å². The summed E-state index contributed by atoms with van der Waals surface area (Å²) in [4.78, 5) is 22.6. The molecule has 1 saturated heterocycles. The molecule has 3 rings (SSSR count). The van der Waals surface area contributed by atoms with Crippen LogP contribution in [0.15, 0.2) is 71.4 Å². The van der Waals surface area contributed by atoms with Crippen LogP contribution in [0.2, 0.25) is 0 Å². The van der Waals surface area contributed by atoms with Crippen molar-refractivity contribution in [1.82, 2.24) is 5.32 Å². The van der Waals surface area contributed by atoms with Gasteiger partial charge in [-0.2, -0.15) is 5.10 Å². The average Bonchev–Trinajstić information content (AvgIpc) is 3.06. The van der Waals surface area contributed by atoms with E-state index in [4.69, 9.17) is 4.74 Å². The summed E-state index contributed by atoms with van der Waals surface area (Å²) in [6.45, 7) is 4.00. The summed E-state index contributed by atoms with van der Waals surface area (Å²) in [6, 6.07) is 13.6. The van der Waals surface area contributed by atoms with Gasteiger partial charge in [-0.25, -0.2) is 0 Å². The van der Waals surface area contributed by atoms with E-state index in [1.807, 2.05) is 24.3 Å². The molecular weight excluding hydrogens is 392 g/mol. The number of thioether (sulfide) groups is 1. The lowest BCUT2D eigenvalue weighted by Gasteiger charge is -2.05. The molecule has 0 spiro atoms. The third-order valence-electron chi connectivity index (χ3n) is 3.94. The van der Waals surface area contributed by atoms with Crippen LogP contribution in [0, 0.1) is 10.1 Å². The molecule has 0 bridgehead atoms. The number of ether oxygens (including phenoxy) is 1. The highest BCUT2D eigenvalue weighted by Crippen LogP contribution is 2.25. The molecule has 148 valence electrons. The molecule has 0 aliphatic carbocycles. The molecule has 1 fully saturated rings. The third-order valence-corrected chi connectivity index (χ3v) is 5.01. The molecule has 2 aromatic rings. The Balaban J connectivity index is 1.65. The Morgan fingerprint density at radius 3 is 2.90 bits per heavy atom. The van der Waals surface area contributed by atoms with E-state index >= 15 is 0 Å². The van der Waals surface area contributed by atoms with Gasteiger partial charge in [0.1, 0.15) is 12.4 Å². The van der Waals surface area contributed by atoms with E-state index in [1.54, 1.807) is 24.4 Å². The van der Waals surface area contributed by atoms with E-state index in [9.17, 15) is 14.9 Å². The minimum absolute atomic E-state index is 0.00161. The quantitative estimate of drug-likeness (QED) is 0.311. The zero-order chi connectivity index (χ0) is 20.6. The number of amides is 1. The fourth-order valence-electron chi connectivity index (χ4n) is 2.61.